The van der Waals surface area contributed by atoms with Gasteiger partial charge in [0.05, 0.1) is 16.1 Å². The lowest BCUT2D eigenvalue weighted by molar-refractivity contribution is -0.117. The summed E-state index contributed by atoms with van der Waals surface area (Å²) >= 11 is 1.51. The molecule has 0 aliphatic carbocycles. The summed E-state index contributed by atoms with van der Waals surface area (Å²) in [5.41, 5.74) is 2.64. The van der Waals surface area contributed by atoms with Crippen molar-refractivity contribution in [2.75, 3.05) is 26.2 Å². The normalized spacial score (nSPS) is 15.9. The van der Waals surface area contributed by atoms with Gasteiger partial charge in [-0.2, -0.15) is 5.10 Å². The Hall–Kier alpha value is -2.06. The molecule has 5 rings (SSSR count). The monoisotopic (exact) mass is 522 g/mol. The molecule has 3 aromatic rings. The molecule has 2 aliphatic rings. The van der Waals surface area contributed by atoms with E-state index in [2.05, 4.69) is 20.4 Å². The van der Waals surface area contributed by atoms with Gasteiger partial charge in [0.25, 0.3) is 5.91 Å². The van der Waals surface area contributed by atoms with Crippen LogP contribution in [0.15, 0.2) is 52.3 Å². The Bertz CT molecular complexity index is 1160. The zero-order valence-corrected chi connectivity index (χ0v) is 21.2. The molecular weight excluding hydrogens is 494 g/mol. The first-order valence-corrected chi connectivity index (χ1v) is 12.1. The van der Waals surface area contributed by atoms with Crippen molar-refractivity contribution in [3.05, 3.63) is 64.4 Å². The maximum absolute atomic E-state index is 13.7. The van der Waals surface area contributed by atoms with E-state index in [1.165, 1.54) is 17.8 Å². The number of carbonyl (C=O) groups is 1. The molecule has 2 N–H and O–H groups in total. The third-order valence-electron chi connectivity index (χ3n) is 6.43. The number of carbonyl (C=O) groups excluding carboxylic acids is 1. The van der Waals surface area contributed by atoms with Crippen LogP contribution in [0.4, 0.5) is 4.39 Å². The van der Waals surface area contributed by atoms with Gasteiger partial charge in [-0.15, -0.1) is 24.8 Å². The summed E-state index contributed by atoms with van der Waals surface area (Å²) in [6.45, 7) is 3.77. The van der Waals surface area contributed by atoms with Crippen molar-refractivity contribution in [1.29, 1.82) is 0 Å². The van der Waals surface area contributed by atoms with Gasteiger partial charge in [0.2, 0.25) is 0 Å². The third kappa shape index (κ3) is 5.95. The van der Waals surface area contributed by atoms with E-state index in [1.807, 2.05) is 36.4 Å². The SMILES string of the molecule is Cl.Cl.O=C(NCC1CCN(CCCc2ccccc2F)CC1)C1=Cc2n[nH]c3cccc(c23)S1. The quantitative estimate of drug-likeness (QED) is 0.432. The standard InChI is InChI=1S/C25H27FN4OS.2ClH/c26-19-7-2-1-5-18(19)6-4-12-30-13-10-17(11-14-30)16-27-25(31)23-15-21-24-20(28-29-21)8-3-9-22(24)32-23;;/h1-3,5,7-9,15,17H,4,6,10-14,16H2,(H,27,31)(H,28,29);2*1H. The zero-order valence-electron chi connectivity index (χ0n) is 18.8. The highest BCUT2D eigenvalue weighted by Crippen LogP contribution is 2.39. The van der Waals surface area contributed by atoms with Crippen molar-refractivity contribution in [3.8, 4) is 0 Å². The number of amides is 1. The fourth-order valence-electron chi connectivity index (χ4n) is 4.57. The molecule has 0 unspecified atom stereocenters. The summed E-state index contributed by atoms with van der Waals surface area (Å²) in [7, 11) is 0. The number of H-pyrrole nitrogens is 1. The summed E-state index contributed by atoms with van der Waals surface area (Å²) in [5.74, 6) is 0.377. The van der Waals surface area contributed by atoms with Crippen molar-refractivity contribution in [3.63, 3.8) is 0 Å². The number of nitrogens with zero attached hydrogens (tertiary/aromatic N) is 2. The lowest BCUT2D eigenvalue weighted by atomic mass is 9.96. The molecule has 5 nitrogen and oxygen atoms in total. The second-order valence-electron chi connectivity index (χ2n) is 8.59. The van der Waals surface area contributed by atoms with Crippen molar-refractivity contribution in [1.82, 2.24) is 20.4 Å². The minimum absolute atomic E-state index is 0. The topological polar surface area (TPSA) is 61.0 Å². The largest absolute Gasteiger partial charge is 0.351 e. The molecule has 0 spiro atoms. The molecule has 1 amide bonds. The minimum Gasteiger partial charge on any atom is -0.351 e. The maximum atomic E-state index is 13.7. The van der Waals surface area contributed by atoms with E-state index in [4.69, 9.17) is 0 Å². The second-order valence-corrected chi connectivity index (χ2v) is 9.67. The fraction of sp³-hybridized carbons (Fsp3) is 0.360. The Balaban J connectivity index is 0.00000162. The van der Waals surface area contributed by atoms with Gasteiger partial charge in [-0.25, -0.2) is 4.39 Å². The Morgan fingerprint density at radius 3 is 2.74 bits per heavy atom. The molecule has 2 aromatic carbocycles. The fourth-order valence-corrected chi connectivity index (χ4v) is 5.61. The van der Waals surface area contributed by atoms with E-state index in [9.17, 15) is 9.18 Å². The average molecular weight is 524 g/mol. The number of aryl methyl sites for hydroxylation is 1. The molecule has 1 aromatic heterocycles. The van der Waals surface area contributed by atoms with E-state index in [1.54, 1.807) is 6.07 Å². The van der Waals surface area contributed by atoms with E-state index < -0.39 is 0 Å². The number of halogens is 3. The highest BCUT2D eigenvalue weighted by molar-refractivity contribution is 8.04. The van der Waals surface area contributed by atoms with Gasteiger partial charge in [-0.1, -0.05) is 36.0 Å². The van der Waals surface area contributed by atoms with Gasteiger partial charge in [0.1, 0.15) is 5.82 Å². The number of hydrogen-bond acceptors (Lipinski definition) is 4. The average Bonchev–Trinajstić information content (AvgIpc) is 3.24. The van der Waals surface area contributed by atoms with E-state index in [-0.39, 0.29) is 36.5 Å². The van der Waals surface area contributed by atoms with Crippen LogP contribution in [0, 0.1) is 11.7 Å². The highest BCUT2D eigenvalue weighted by Gasteiger charge is 2.23. The van der Waals surface area contributed by atoms with Crippen molar-refractivity contribution >= 4 is 59.5 Å². The third-order valence-corrected chi connectivity index (χ3v) is 7.51. The van der Waals surface area contributed by atoms with Crippen LogP contribution >= 0.6 is 36.6 Å². The van der Waals surface area contributed by atoms with Crippen LogP contribution in [0.5, 0.6) is 0 Å². The van der Waals surface area contributed by atoms with Crippen LogP contribution in [-0.4, -0.2) is 47.2 Å². The van der Waals surface area contributed by atoms with Crippen LogP contribution in [0.2, 0.25) is 0 Å². The molecule has 3 heterocycles. The van der Waals surface area contributed by atoms with Crippen molar-refractivity contribution in [2.24, 2.45) is 5.92 Å². The van der Waals surface area contributed by atoms with Crippen LogP contribution < -0.4 is 5.32 Å². The highest BCUT2D eigenvalue weighted by atomic mass is 35.5. The van der Waals surface area contributed by atoms with Gasteiger partial charge >= 0.3 is 0 Å². The van der Waals surface area contributed by atoms with E-state index in [0.717, 1.165) is 72.4 Å². The molecule has 1 fully saturated rings. The van der Waals surface area contributed by atoms with Gasteiger partial charge < -0.3 is 10.2 Å². The lowest BCUT2D eigenvalue weighted by Crippen LogP contribution is -2.39. The predicted octanol–water partition coefficient (Wildman–Crippen LogP) is 5.45. The molecule has 1 saturated heterocycles. The number of piperidine rings is 1. The lowest BCUT2D eigenvalue weighted by Gasteiger charge is -2.32. The molecule has 0 atom stereocenters. The number of hydrogen-bond donors (Lipinski definition) is 2. The first-order valence-electron chi connectivity index (χ1n) is 11.3. The van der Waals surface area contributed by atoms with Crippen LogP contribution in [-0.2, 0) is 11.2 Å². The summed E-state index contributed by atoms with van der Waals surface area (Å²) in [6, 6.07) is 13.1. The Kier molecular flexibility index (Phi) is 9.42. The number of aromatic nitrogens is 2. The number of nitrogens with one attached hydrogen (secondary N) is 2. The summed E-state index contributed by atoms with van der Waals surface area (Å²) in [4.78, 5) is 17.0. The maximum Gasteiger partial charge on any atom is 0.258 e. The number of thioether (sulfide) groups is 1. The predicted molar refractivity (Wildman–Crippen MR) is 141 cm³/mol. The smallest absolute Gasteiger partial charge is 0.258 e. The Morgan fingerprint density at radius 1 is 1.15 bits per heavy atom. The van der Waals surface area contributed by atoms with Crippen LogP contribution in [0.25, 0.3) is 17.0 Å². The molecule has 182 valence electrons. The van der Waals surface area contributed by atoms with Gasteiger partial charge in [-0.3, -0.25) is 9.89 Å². The molecule has 34 heavy (non-hydrogen) atoms. The van der Waals surface area contributed by atoms with E-state index >= 15 is 0 Å². The Labute approximate surface area is 215 Å². The number of benzene rings is 2. The minimum atomic E-state index is -0.103. The number of rotatable bonds is 7. The summed E-state index contributed by atoms with van der Waals surface area (Å²) in [5, 5.41) is 11.6. The molecule has 2 aliphatic heterocycles. The first kappa shape index (κ1) is 26.5. The van der Waals surface area contributed by atoms with Gasteiger partial charge in [0, 0.05) is 16.8 Å². The van der Waals surface area contributed by atoms with Crippen molar-refractivity contribution < 1.29 is 9.18 Å². The van der Waals surface area contributed by atoms with Crippen molar-refractivity contribution in [2.45, 2.75) is 30.6 Å². The molecule has 0 bridgehead atoms. The summed E-state index contributed by atoms with van der Waals surface area (Å²) in [6.07, 6.45) is 5.78. The van der Waals surface area contributed by atoms with Gasteiger partial charge in [-0.05, 0) is 81.1 Å². The molecule has 0 radical (unpaired) electrons. The number of likely N-dealkylation sites (tertiary alicyclic amines) is 1. The summed E-state index contributed by atoms with van der Waals surface area (Å²) < 4.78 is 13.7. The van der Waals surface area contributed by atoms with Crippen LogP contribution in [0.1, 0.15) is 30.5 Å². The Morgan fingerprint density at radius 2 is 1.94 bits per heavy atom. The molecular formula is C25H29Cl2FN4OS. The molecule has 0 saturated carbocycles. The van der Waals surface area contributed by atoms with E-state index in [0.29, 0.717) is 17.4 Å². The second kappa shape index (κ2) is 12.1. The first-order chi connectivity index (χ1) is 15.7. The van der Waals surface area contributed by atoms with Gasteiger partial charge in [0.15, 0.2) is 0 Å². The zero-order chi connectivity index (χ0) is 21.9. The number of aromatic amines is 1. The van der Waals surface area contributed by atoms with Crippen LogP contribution in [0.3, 0.4) is 0 Å². The molecule has 9 heteroatoms.